The van der Waals surface area contributed by atoms with Crippen molar-refractivity contribution in [2.45, 2.75) is 33.1 Å². The van der Waals surface area contributed by atoms with Gasteiger partial charge in [0.15, 0.2) is 0 Å². The summed E-state index contributed by atoms with van der Waals surface area (Å²) in [5.74, 6) is 0. The van der Waals surface area contributed by atoms with Crippen LogP contribution in [-0.2, 0) is 5.41 Å². The molecule has 1 aliphatic carbocycles. The molecule has 0 saturated carbocycles. The quantitative estimate of drug-likeness (QED) is 0.122. The van der Waals surface area contributed by atoms with Gasteiger partial charge in [-0.05, 0) is 134 Å². The van der Waals surface area contributed by atoms with Gasteiger partial charge in [0.25, 0.3) is 0 Å². The molecule has 0 saturated heterocycles. The second-order valence-electron chi connectivity index (χ2n) is 16.1. The second kappa shape index (κ2) is 12.6. The zero-order valence-electron chi connectivity index (χ0n) is 34.6. The van der Waals surface area contributed by atoms with Crippen LogP contribution in [0, 0.1) is 13.8 Å². The highest BCUT2D eigenvalue weighted by Gasteiger charge is 2.36. The van der Waals surface area contributed by atoms with Crippen LogP contribution in [0.4, 0.5) is 17.1 Å². The molecule has 0 radical (unpaired) electrons. The van der Waals surface area contributed by atoms with Crippen LogP contribution in [0.3, 0.4) is 0 Å². The van der Waals surface area contributed by atoms with Crippen molar-refractivity contribution in [2.75, 3.05) is 4.90 Å². The maximum absolute atomic E-state index is 9.36. The minimum Gasteiger partial charge on any atom is -0.314 e. The number of para-hydroxylation sites is 2. The van der Waals surface area contributed by atoms with Crippen LogP contribution >= 0.6 is 0 Å². The van der Waals surface area contributed by atoms with E-state index in [0.29, 0.717) is 5.56 Å². The maximum atomic E-state index is 9.36. The van der Waals surface area contributed by atoms with E-state index < -0.39 is 0 Å². The van der Waals surface area contributed by atoms with Gasteiger partial charge in [0.1, 0.15) is 0 Å². The normalized spacial score (nSPS) is 14.2. The fourth-order valence-electron chi connectivity index (χ4n) is 9.54. The number of fused-ring (bicyclic) bond motifs is 4. The molecule has 0 atom stereocenters. The Bertz CT molecular complexity index is 3300. The lowest BCUT2D eigenvalue weighted by Gasteiger charge is -2.27. The molecule has 0 N–H and O–H groups in total. The van der Waals surface area contributed by atoms with Crippen molar-refractivity contribution < 1.29 is 2.74 Å². The summed E-state index contributed by atoms with van der Waals surface area (Å²) in [7, 11) is 0. The Balaban J connectivity index is 0.970. The minimum atomic E-state index is -0.279. The van der Waals surface area contributed by atoms with Gasteiger partial charge >= 0.3 is 0 Å². The summed E-state index contributed by atoms with van der Waals surface area (Å²) in [6, 6.07) is 60.6. The molecule has 1 aromatic heterocycles. The zero-order chi connectivity index (χ0) is 40.2. The van der Waals surface area contributed by atoms with Crippen molar-refractivity contribution in [3.8, 4) is 16.8 Å². The molecule has 0 fully saturated rings. The number of aromatic nitrogens is 1. The summed E-state index contributed by atoms with van der Waals surface area (Å²) in [5, 5.41) is 8.73. The highest BCUT2D eigenvalue weighted by molar-refractivity contribution is 6.25. The Labute approximate surface area is 336 Å². The molecule has 57 heavy (non-hydrogen) atoms. The fraction of sp³-hybridized carbons (Fsp3) is 0.0909. The number of anilines is 3. The molecule has 2 heteroatoms. The van der Waals surface area contributed by atoms with Crippen LogP contribution in [0.2, 0.25) is 0 Å². The summed E-state index contributed by atoms with van der Waals surface area (Å²) >= 11 is 0. The molecule has 10 aromatic rings. The van der Waals surface area contributed by atoms with E-state index in [1.807, 2.05) is 24.3 Å². The first kappa shape index (κ1) is 31.3. The molecule has 11 rings (SSSR count). The van der Waals surface area contributed by atoms with Crippen LogP contribution in [0.25, 0.3) is 72.1 Å². The number of hydrogen-bond donors (Lipinski definition) is 0. The van der Waals surface area contributed by atoms with Crippen molar-refractivity contribution >= 4 is 72.4 Å². The second-order valence-corrected chi connectivity index (χ2v) is 16.1. The van der Waals surface area contributed by atoms with Crippen LogP contribution in [-0.4, -0.2) is 4.57 Å². The predicted octanol–water partition coefficient (Wildman–Crippen LogP) is 15.1. The van der Waals surface area contributed by atoms with Gasteiger partial charge < -0.3 is 9.47 Å². The van der Waals surface area contributed by atoms with Gasteiger partial charge in [-0.1, -0.05) is 141 Å². The largest absolute Gasteiger partial charge is 0.314 e. The first-order valence-corrected chi connectivity index (χ1v) is 19.9. The Kier molecular flexibility index (Phi) is 6.90. The third-order valence-electron chi connectivity index (χ3n) is 12.6. The van der Waals surface area contributed by atoms with E-state index in [1.54, 1.807) is 0 Å². The van der Waals surface area contributed by atoms with Crippen molar-refractivity contribution in [1.82, 2.24) is 4.57 Å². The standard InChI is InChI=1S/C55H42N2/c1-35-36(2)56(42-14-7-5-8-15-42)52-34-50-48(33-47(35)52)45-29-22-38(32-49(45)55(50,3)4)19-18-37-20-27-44(28-21-37)57(43-16-9-6-10-17-43)51-31-26-41-24-23-39-12-11-13-40-25-30-46(51)54(41)53(39)40/h5-34H,1-4H3/b19-18+/i18D,19D. The van der Waals surface area contributed by atoms with Gasteiger partial charge in [-0.25, -0.2) is 0 Å². The maximum Gasteiger partial charge on any atom is 0.0629 e. The van der Waals surface area contributed by atoms with E-state index in [9.17, 15) is 2.74 Å². The Hall–Kier alpha value is -6.90. The summed E-state index contributed by atoms with van der Waals surface area (Å²) in [4.78, 5) is 2.30. The first-order valence-electron chi connectivity index (χ1n) is 20.9. The number of benzene rings is 9. The van der Waals surface area contributed by atoms with E-state index >= 15 is 0 Å². The molecular formula is C55H42N2. The highest BCUT2D eigenvalue weighted by Crippen LogP contribution is 2.51. The van der Waals surface area contributed by atoms with Crippen molar-refractivity contribution in [1.29, 1.82) is 0 Å². The van der Waals surface area contributed by atoms with Gasteiger partial charge in [0.05, 0.1) is 13.9 Å². The van der Waals surface area contributed by atoms with E-state index in [-0.39, 0.29) is 17.5 Å². The predicted molar refractivity (Wildman–Crippen MR) is 244 cm³/mol. The average molecular weight is 733 g/mol. The van der Waals surface area contributed by atoms with E-state index in [2.05, 4.69) is 183 Å². The van der Waals surface area contributed by atoms with Crippen molar-refractivity contribution in [2.24, 2.45) is 0 Å². The Morgan fingerprint density at radius 3 is 1.89 bits per heavy atom. The Morgan fingerprint density at radius 1 is 0.526 bits per heavy atom. The number of rotatable bonds is 6. The molecule has 0 bridgehead atoms. The molecule has 0 aliphatic heterocycles. The molecule has 1 heterocycles. The third-order valence-corrected chi connectivity index (χ3v) is 12.6. The molecule has 0 unspecified atom stereocenters. The molecule has 0 amide bonds. The van der Waals surface area contributed by atoms with Crippen LogP contribution in [0.15, 0.2) is 170 Å². The topological polar surface area (TPSA) is 8.17 Å². The van der Waals surface area contributed by atoms with Crippen LogP contribution < -0.4 is 4.90 Å². The fourth-order valence-corrected chi connectivity index (χ4v) is 9.54. The number of hydrogen-bond acceptors (Lipinski definition) is 1. The van der Waals surface area contributed by atoms with Gasteiger partial charge in [-0.3, -0.25) is 0 Å². The van der Waals surface area contributed by atoms with E-state index in [1.165, 1.54) is 82.4 Å². The third kappa shape index (κ3) is 5.10. The Morgan fingerprint density at radius 2 is 1.14 bits per heavy atom. The lowest BCUT2D eigenvalue weighted by atomic mass is 9.81. The minimum absolute atomic E-state index is 0.201. The smallest absolute Gasteiger partial charge is 0.0629 e. The first-order chi connectivity index (χ1) is 28.7. The highest BCUT2D eigenvalue weighted by atomic mass is 15.1. The lowest BCUT2D eigenvalue weighted by Crippen LogP contribution is -2.15. The molecule has 272 valence electrons. The van der Waals surface area contributed by atoms with Crippen molar-refractivity contribution in [3.63, 3.8) is 0 Å². The summed E-state index contributed by atoms with van der Waals surface area (Å²) in [5.41, 5.74) is 14.2. The zero-order valence-corrected chi connectivity index (χ0v) is 32.6. The lowest BCUT2D eigenvalue weighted by molar-refractivity contribution is 0.660. The van der Waals surface area contributed by atoms with E-state index in [4.69, 9.17) is 0 Å². The average Bonchev–Trinajstić information content (AvgIpc) is 3.66. The molecule has 1 aliphatic rings. The molecule has 2 nitrogen and oxygen atoms in total. The number of nitrogens with zero attached hydrogens (tertiary/aromatic N) is 2. The summed E-state index contributed by atoms with van der Waals surface area (Å²) < 4.78 is 21.1. The van der Waals surface area contributed by atoms with E-state index in [0.717, 1.165) is 22.6 Å². The van der Waals surface area contributed by atoms with Gasteiger partial charge in [0.2, 0.25) is 0 Å². The van der Waals surface area contributed by atoms with Crippen molar-refractivity contribution in [3.05, 3.63) is 203 Å². The summed E-state index contributed by atoms with van der Waals surface area (Å²) in [6.07, 6.45) is 0. The van der Waals surface area contributed by atoms with Gasteiger partial charge in [-0.15, -0.1) is 0 Å². The molecular weight excluding hydrogens is 689 g/mol. The van der Waals surface area contributed by atoms with Gasteiger partial charge in [0, 0.05) is 38.9 Å². The SMILES string of the molecule is [2H]/C(=C(/[2H])c1ccc2c(c1)C(C)(C)c1cc3c(cc1-2)c(C)c(C)n3-c1ccccc1)c1ccc(N(c2ccccc2)c2ccc3ccc4cccc5ccc2c3c45)cc1. The molecule has 0 spiro atoms. The van der Waals surface area contributed by atoms with Gasteiger partial charge in [-0.2, -0.15) is 0 Å². The monoisotopic (exact) mass is 732 g/mol. The summed E-state index contributed by atoms with van der Waals surface area (Å²) in [6.45, 7) is 9.00. The van der Waals surface area contributed by atoms with Crippen LogP contribution in [0.5, 0.6) is 0 Å². The molecule has 9 aromatic carbocycles. The number of aryl methyl sites for hydroxylation is 1. The van der Waals surface area contributed by atoms with Crippen LogP contribution in [0.1, 0.15) is 50.1 Å².